The van der Waals surface area contributed by atoms with Crippen molar-refractivity contribution in [3.8, 4) is 0 Å². The molecule has 4 nitrogen and oxygen atoms in total. The Balaban J connectivity index is 2.23. The number of nitrogens with one attached hydrogen (secondary N) is 1. The fourth-order valence-electron chi connectivity index (χ4n) is 2.11. The molecule has 1 aromatic carbocycles. The predicted octanol–water partition coefficient (Wildman–Crippen LogP) is 1.67. The monoisotopic (exact) mass is 233 g/mol. The van der Waals surface area contributed by atoms with Gasteiger partial charge in [-0.15, -0.1) is 0 Å². The maximum absolute atomic E-state index is 11.8. The number of H-pyrrole nitrogens is 1. The second-order valence-corrected chi connectivity index (χ2v) is 4.13. The predicted molar refractivity (Wildman–Crippen MR) is 70.3 cm³/mol. The summed E-state index contributed by atoms with van der Waals surface area (Å²) in [5.41, 5.74) is 1.89. The van der Waals surface area contributed by atoms with Gasteiger partial charge >= 0.3 is 5.69 Å². The van der Waals surface area contributed by atoms with Crippen LogP contribution in [0, 0.1) is 0 Å². The number of aromatic nitrogens is 2. The molecule has 0 unspecified atom stereocenters. The van der Waals surface area contributed by atoms with E-state index in [4.69, 9.17) is 0 Å². The van der Waals surface area contributed by atoms with E-state index in [9.17, 15) is 4.79 Å². The number of benzene rings is 1. The second-order valence-electron chi connectivity index (χ2n) is 4.13. The Labute approximate surface area is 101 Å². The first kappa shape index (κ1) is 11.9. The number of likely N-dealkylation sites (N-methyl/N-ethyl adjacent to an activating group) is 1. The van der Waals surface area contributed by atoms with E-state index in [2.05, 4.69) is 23.7 Å². The molecule has 2 aromatic rings. The highest BCUT2D eigenvalue weighted by Gasteiger charge is 2.06. The highest BCUT2D eigenvalue weighted by Crippen LogP contribution is 2.08. The van der Waals surface area contributed by atoms with Gasteiger partial charge in [-0.3, -0.25) is 4.57 Å². The molecule has 0 spiro atoms. The molecule has 0 bridgehead atoms. The third-order valence-corrected chi connectivity index (χ3v) is 3.22. The van der Waals surface area contributed by atoms with Crippen LogP contribution >= 0.6 is 0 Å². The van der Waals surface area contributed by atoms with Crippen LogP contribution in [0.25, 0.3) is 11.0 Å². The summed E-state index contributed by atoms with van der Waals surface area (Å²) in [5.74, 6) is 0. The van der Waals surface area contributed by atoms with Gasteiger partial charge in [0.05, 0.1) is 11.0 Å². The first-order chi connectivity index (χ1) is 8.26. The number of para-hydroxylation sites is 2. The van der Waals surface area contributed by atoms with Gasteiger partial charge in [-0.1, -0.05) is 26.0 Å². The van der Waals surface area contributed by atoms with Crippen molar-refractivity contribution in [2.45, 2.75) is 20.4 Å². The van der Waals surface area contributed by atoms with Crippen LogP contribution < -0.4 is 5.69 Å². The van der Waals surface area contributed by atoms with Crippen LogP contribution in [0.4, 0.5) is 0 Å². The fourth-order valence-corrected chi connectivity index (χ4v) is 2.11. The van der Waals surface area contributed by atoms with Crippen molar-refractivity contribution in [3.63, 3.8) is 0 Å². The Morgan fingerprint density at radius 2 is 1.94 bits per heavy atom. The van der Waals surface area contributed by atoms with Gasteiger partial charge in [0.15, 0.2) is 0 Å². The Kier molecular flexibility index (Phi) is 3.64. The molecule has 0 atom stereocenters. The maximum Gasteiger partial charge on any atom is 0.326 e. The third kappa shape index (κ3) is 2.42. The summed E-state index contributed by atoms with van der Waals surface area (Å²) >= 11 is 0. The van der Waals surface area contributed by atoms with Crippen molar-refractivity contribution >= 4 is 11.0 Å². The zero-order valence-electron chi connectivity index (χ0n) is 10.4. The lowest BCUT2D eigenvalue weighted by atomic mass is 10.3. The number of fused-ring (bicyclic) bond motifs is 1. The van der Waals surface area contributed by atoms with Crippen molar-refractivity contribution < 1.29 is 0 Å². The zero-order valence-corrected chi connectivity index (χ0v) is 10.4. The van der Waals surface area contributed by atoms with E-state index in [1.165, 1.54) is 0 Å². The topological polar surface area (TPSA) is 41.0 Å². The number of rotatable bonds is 5. The van der Waals surface area contributed by atoms with Crippen LogP contribution in [-0.4, -0.2) is 34.1 Å². The maximum atomic E-state index is 11.8. The highest BCUT2D eigenvalue weighted by molar-refractivity contribution is 5.74. The third-order valence-electron chi connectivity index (χ3n) is 3.22. The number of hydrogen-bond donors (Lipinski definition) is 1. The molecule has 0 aliphatic rings. The molecular weight excluding hydrogens is 214 g/mol. The molecule has 92 valence electrons. The summed E-state index contributed by atoms with van der Waals surface area (Å²) in [5, 5.41) is 0. The standard InChI is InChI=1S/C13H19N3O/c1-3-15(4-2)9-10-16-12-8-6-5-7-11(12)14-13(16)17/h5-8H,3-4,9-10H2,1-2H3,(H,14,17). The molecule has 17 heavy (non-hydrogen) atoms. The van der Waals surface area contributed by atoms with Gasteiger partial charge in [-0.05, 0) is 25.2 Å². The van der Waals surface area contributed by atoms with E-state index in [0.717, 1.165) is 37.2 Å². The minimum absolute atomic E-state index is 0.0154. The molecule has 0 aliphatic carbocycles. The first-order valence-electron chi connectivity index (χ1n) is 6.16. The second kappa shape index (κ2) is 5.19. The molecule has 1 N–H and O–H groups in total. The van der Waals surface area contributed by atoms with E-state index in [-0.39, 0.29) is 5.69 Å². The molecule has 0 amide bonds. The van der Waals surface area contributed by atoms with E-state index < -0.39 is 0 Å². The molecule has 1 aromatic heterocycles. The van der Waals surface area contributed by atoms with Crippen molar-refractivity contribution in [1.29, 1.82) is 0 Å². The molecular formula is C13H19N3O. The lowest BCUT2D eigenvalue weighted by Gasteiger charge is -2.17. The van der Waals surface area contributed by atoms with Crippen LogP contribution in [0.1, 0.15) is 13.8 Å². The zero-order chi connectivity index (χ0) is 12.3. The summed E-state index contributed by atoms with van der Waals surface area (Å²) in [6.07, 6.45) is 0. The average molecular weight is 233 g/mol. The van der Waals surface area contributed by atoms with Crippen molar-refractivity contribution in [2.24, 2.45) is 0 Å². The largest absolute Gasteiger partial charge is 0.326 e. The first-order valence-corrected chi connectivity index (χ1v) is 6.16. The van der Waals surface area contributed by atoms with Crippen molar-refractivity contribution in [2.75, 3.05) is 19.6 Å². The highest BCUT2D eigenvalue weighted by atomic mass is 16.1. The summed E-state index contributed by atoms with van der Waals surface area (Å²) in [6.45, 7) is 7.98. The molecule has 0 aliphatic heterocycles. The number of nitrogens with zero attached hydrogens (tertiary/aromatic N) is 2. The number of imidazole rings is 1. The van der Waals surface area contributed by atoms with Gasteiger partial charge in [0.2, 0.25) is 0 Å². The number of hydrogen-bond acceptors (Lipinski definition) is 2. The van der Waals surface area contributed by atoms with Gasteiger partial charge in [0.25, 0.3) is 0 Å². The summed E-state index contributed by atoms with van der Waals surface area (Å²) in [7, 11) is 0. The van der Waals surface area contributed by atoms with Crippen LogP contribution in [0.3, 0.4) is 0 Å². The Bertz CT molecular complexity index is 537. The molecule has 0 radical (unpaired) electrons. The van der Waals surface area contributed by atoms with E-state index in [1.807, 2.05) is 28.8 Å². The van der Waals surface area contributed by atoms with Gasteiger partial charge < -0.3 is 9.88 Å². The molecule has 0 fully saturated rings. The van der Waals surface area contributed by atoms with Gasteiger partial charge in [-0.25, -0.2) is 4.79 Å². The van der Waals surface area contributed by atoms with Crippen LogP contribution in [0.5, 0.6) is 0 Å². The SMILES string of the molecule is CCN(CC)CCn1c(=O)[nH]c2ccccc21. The normalized spacial score (nSPS) is 11.5. The summed E-state index contributed by atoms with van der Waals surface area (Å²) in [4.78, 5) is 17.0. The fraction of sp³-hybridized carbons (Fsp3) is 0.462. The van der Waals surface area contributed by atoms with Crippen LogP contribution in [0.2, 0.25) is 0 Å². The Hall–Kier alpha value is -1.55. The molecule has 1 heterocycles. The Morgan fingerprint density at radius 3 is 2.65 bits per heavy atom. The van der Waals surface area contributed by atoms with Gasteiger partial charge in [0, 0.05) is 13.1 Å². The van der Waals surface area contributed by atoms with Gasteiger partial charge in [-0.2, -0.15) is 0 Å². The molecule has 0 saturated heterocycles. The number of aromatic amines is 1. The van der Waals surface area contributed by atoms with E-state index in [1.54, 1.807) is 0 Å². The lowest BCUT2D eigenvalue weighted by molar-refractivity contribution is 0.290. The molecule has 2 rings (SSSR count). The van der Waals surface area contributed by atoms with E-state index in [0.29, 0.717) is 0 Å². The van der Waals surface area contributed by atoms with Crippen LogP contribution in [0.15, 0.2) is 29.1 Å². The van der Waals surface area contributed by atoms with Crippen LogP contribution in [-0.2, 0) is 6.54 Å². The van der Waals surface area contributed by atoms with Gasteiger partial charge in [0.1, 0.15) is 0 Å². The smallest absolute Gasteiger partial charge is 0.306 e. The molecule has 0 saturated carbocycles. The summed E-state index contributed by atoms with van der Waals surface area (Å²) in [6, 6.07) is 7.82. The minimum atomic E-state index is -0.0154. The van der Waals surface area contributed by atoms with Crippen molar-refractivity contribution in [3.05, 3.63) is 34.7 Å². The average Bonchev–Trinajstić information content (AvgIpc) is 2.67. The van der Waals surface area contributed by atoms with Crippen molar-refractivity contribution in [1.82, 2.24) is 14.5 Å². The summed E-state index contributed by atoms with van der Waals surface area (Å²) < 4.78 is 1.81. The minimum Gasteiger partial charge on any atom is -0.306 e. The quantitative estimate of drug-likeness (QED) is 0.853. The van der Waals surface area contributed by atoms with E-state index >= 15 is 0 Å². The Morgan fingerprint density at radius 1 is 1.24 bits per heavy atom. The lowest BCUT2D eigenvalue weighted by Crippen LogP contribution is -2.29. The molecule has 4 heteroatoms.